The highest BCUT2D eigenvalue weighted by atomic mass is 16.4. The number of aromatic carboxylic acids is 1. The lowest BCUT2D eigenvalue weighted by atomic mass is 9.78. The fourth-order valence-electron chi connectivity index (χ4n) is 3.75. The van der Waals surface area contributed by atoms with Crippen LogP contribution < -0.4 is 5.73 Å². The van der Waals surface area contributed by atoms with Crippen molar-refractivity contribution in [3.8, 4) is 0 Å². The SMILES string of the molecule is NC1CCCC2CN(Cc3ccc(C(=O)O)cc3)CC12. The molecule has 4 nitrogen and oxygen atoms in total. The summed E-state index contributed by atoms with van der Waals surface area (Å²) in [5.74, 6) is 0.550. The zero-order chi connectivity index (χ0) is 14.1. The van der Waals surface area contributed by atoms with E-state index in [-0.39, 0.29) is 0 Å². The van der Waals surface area contributed by atoms with Crippen LogP contribution in [0.25, 0.3) is 0 Å². The largest absolute Gasteiger partial charge is 0.478 e. The monoisotopic (exact) mass is 274 g/mol. The molecule has 3 unspecified atom stereocenters. The van der Waals surface area contributed by atoms with Gasteiger partial charge < -0.3 is 10.8 Å². The van der Waals surface area contributed by atoms with Gasteiger partial charge in [-0.2, -0.15) is 0 Å². The van der Waals surface area contributed by atoms with Gasteiger partial charge in [-0.25, -0.2) is 4.79 Å². The molecule has 1 saturated heterocycles. The third kappa shape index (κ3) is 2.72. The van der Waals surface area contributed by atoms with Crippen LogP contribution in [0.5, 0.6) is 0 Å². The summed E-state index contributed by atoms with van der Waals surface area (Å²) in [7, 11) is 0. The predicted octanol–water partition coefficient (Wildman–Crippen LogP) is 1.94. The highest BCUT2D eigenvalue weighted by molar-refractivity contribution is 5.87. The molecule has 3 rings (SSSR count). The van der Waals surface area contributed by atoms with Crippen molar-refractivity contribution in [2.45, 2.75) is 31.8 Å². The predicted molar refractivity (Wildman–Crippen MR) is 77.5 cm³/mol. The van der Waals surface area contributed by atoms with Crippen LogP contribution in [0.2, 0.25) is 0 Å². The van der Waals surface area contributed by atoms with Crippen molar-refractivity contribution in [1.82, 2.24) is 4.90 Å². The fourth-order valence-corrected chi connectivity index (χ4v) is 3.75. The fraction of sp³-hybridized carbons (Fsp3) is 0.562. The van der Waals surface area contributed by atoms with E-state index in [9.17, 15) is 4.79 Å². The first-order valence-electron chi connectivity index (χ1n) is 7.43. The molecule has 0 spiro atoms. The second kappa shape index (κ2) is 5.54. The minimum absolute atomic E-state index is 0.353. The van der Waals surface area contributed by atoms with Crippen LogP contribution in [-0.4, -0.2) is 35.1 Å². The summed E-state index contributed by atoms with van der Waals surface area (Å²) < 4.78 is 0. The maximum Gasteiger partial charge on any atom is 0.335 e. The number of fused-ring (bicyclic) bond motifs is 1. The summed E-state index contributed by atoms with van der Waals surface area (Å²) in [6.45, 7) is 3.13. The Morgan fingerprint density at radius 3 is 2.65 bits per heavy atom. The van der Waals surface area contributed by atoms with Crippen LogP contribution in [0, 0.1) is 11.8 Å². The maximum absolute atomic E-state index is 10.8. The van der Waals surface area contributed by atoms with Gasteiger partial charge in [0.15, 0.2) is 0 Å². The third-order valence-electron chi connectivity index (χ3n) is 4.84. The second-order valence-corrected chi connectivity index (χ2v) is 6.21. The number of rotatable bonds is 3. The van der Waals surface area contributed by atoms with Gasteiger partial charge in [0, 0.05) is 25.7 Å². The van der Waals surface area contributed by atoms with Crippen molar-refractivity contribution in [2.75, 3.05) is 13.1 Å². The van der Waals surface area contributed by atoms with Crippen LogP contribution in [0.1, 0.15) is 35.2 Å². The summed E-state index contributed by atoms with van der Waals surface area (Å²) in [5, 5.41) is 8.91. The summed E-state index contributed by atoms with van der Waals surface area (Å²) in [6.07, 6.45) is 3.75. The van der Waals surface area contributed by atoms with Gasteiger partial charge in [0.05, 0.1) is 5.56 Å². The van der Waals surface area contributed by atoms with Gasteiger partial charge in [0.25, 0.3) is 0 Å². The van der Waals surface area contributed by atoms with Crippen molar-refractivity contribution >= 4 is 5.97 Å². The molecule has 1 aromatic carbocycles. The highest BCUT2D eigenvalue weighted by Crippen LogP contribution is 2.35. The molecule has 1 aliphatic heterocycles. The van der Waals surface area contributed by atoms with Crippen LogP contribution in [-0.2, 0) is 6.54 Å². The highest BCUT2D eigenvalue weighted by Gasteiger charge is 2.38. The Hall–Kier alpha value is -1.39. The van der Waals surface area contributed by atoms with E-state index >= 15 is 0 Å². The number of benzene rings is 1. The quantitative estimate of drug-likeness (QED) is 0.884. The topological polar surface area (TPSA) is 66.6 Å². The van der Waals surface area contributed by atoms with Crippen LogP contribution in [0.4, 0.5) is 0 Å². The number of nitrogens with zero attached hydrogens (tertiary/aromatic N) is 1. The average Bonchev–Trinajstić information content (AvgIpc) is 2.83. The molecule has 0 aromatic heterocycles. The summed E-state index contributed by atoms with van der Waals surface area (Å²) in [5.41, 5.74) is 7.77. The normalized spacial score (nSPS) is 30.1. The maximum atomic E-state index is 10.8. The van der Waals surface area contributed by atoms with E-state index in [0.717, 1.165) is 25.6 Å². The van der Waals surface area contributed by atoms with Crippen molar-refractivity contribution in [2.24, 2.45) is 17.6 Å². The molecule has 3 atom stereocenters. The number of carboxylic acids is 1. The molecule has 4 heteroatoms. The Morgan fingerprint density at radius 2 is 2.00 bits per heavy atom. The Balaban J connectivity index is 1.62. The van der Waals surface area contributed by atoms with E-state index in [1.807, 2.05) is 12.1 Å². The molecule has 2 fully saturated rings. The molecule has 0 amide bonds. The molecular formula is C16H22N2O2. The van der Waals surface area contributed by atoms with Crippen LogP contribution in [0.3, 0.4) is 0 Å². The van der Waals surface area contributed by atoms with Gasteiger partial charge >= 0.3 is 5.97 Å². The number of hydrogen-bond donors (Lipinski definition) is 2. The van der Waals surface area contributed by atoms with Gasteiger partial charge in [-0.3, -0.25) is 4.90 Å². The Kier molecular flexibility index (Phi) is 3.76. The first kappa shape index (κ1) is 13.6. The molecule has 20 heavy (non-hydrogen) atoms. The summed E-state index contributed by atoms with van der Waals surface area (Å²) in [4.78, 5) is 13.3. The van der Waals surface area contributed by atoms with E-state index in [4.69, 9.17) is 10.8 Å². The molecular weight excluding hydrogens is 252 g/mol. The Morgan fingerprint density at radius 1 is 1.25 bits per heavy atom. The first-order valence-corrected chi connectivity index (χ1v) is 7.43. The lowest BCUT2D eigenvalue weighted by molar-refractivity contribution is 0.0697. The van der Waals surface area contributed by atoms with Crippen molar-refractivity contribution in [3.05, 3.63) is 35.4 Å². The number of carbonyl (C=O) groups is 1. The number of carboxylic acid groups (broad SMARTS) is 1. The van der Waals surface area contributed by atoms with Crippen molar-refractivity contribution in [1.29, 1.82) is 0 Å². The Labute approximate surface area is 119 Å². The van der Waals surface area contributed by atoms with Crippen molar-refractivity contribution in [3.63, 3.8) is 0 Å². The molecule has 0 bridgehead atoms. The van der Waals surface area contributed by atoms with Crippen LogP contribution in [0.15, 0.2) is 24.3 Å². The molecule has 0 radical (unpaired) electrons. The molecule has 108 valence electrons. The van der Waals surface area contributed by atoms with E-state index in [0.29, 0.717) is 17.5 Å². The van der Waals surface area contributed by atoms with Gasteiger partial charge in [0.2, 0.25) is 0 Å². The molecule has 3 N–H and O–H groups in total. The molecule has 2 aliphatic rings. The molecule has 1 saturated carbocycles. The summed E-state index contributed by atoms with van der Waals surface area (Å²) in [6, 6.07) is 7.59. The van der Waals surface area contributed by atoms with E-state index in [1.165, 1.54) is 24.8 Å². The zero-order valence-corrected chi connectivity index (χ0v) is 11.7. The standard InChI is InChI=1S/C16H22N2O2/c17-15-3-1-2-13-9-18(10-14(13)15)8-11-4-6-12(7-5-11)16(19)20/h4-7,13-15H,1-3,8-10,17H2,(H,19,20). The van der Waals surface area contributed by atoms with E-state index in [1.54, 1.807) is 12.1 Å². The minimum Gasteiger partial charge on any atom is -0.478 e. The molecule has 1 aliphatic carbocycles. The summed E-state index contributed by atoms with van der Waals surface area (Å²) >= 11 is 0. The minimum atomic E-state index is -0.866. The third-order valence-corrected chi connectivity index (χ3v) is 4.84. The van der Waals surface area contributed by atoms with Gasteiger partial charge in [-0.1, -0.05) is 18.6 Å². The van der Waals surface area contributed by atoms with Gasteiger partial charge in [-0.15, -0.1) is 0 Å². The van der Waals surface area contributed by atoms with E-state index in [2.05, 4.69) is 4.90 Å². The Bertz CT molecular complexity index is 486. The average molecular weight is 274 g/mol. The van der Waals surface area contributed by atoms with Crippen molar-refractivity contribution < 1.29 is 9.90 Å². The second-order valence-electron chi connectivity index (χ2n) is 6.21. The lowest BCUT2D eigenvalue weighted by Gasteiger charge is -2.29. The first-order chi connectivity index (χ1) is 9.63. The molecule has 1 aromatic rings. The number of likely N-dealkylation sites (tertiary alicyclic amines) is 1. The van der Waals surface area contributed by atoms with E-state index < -0.39 is 5.97 Å². The lowest BCUT2D eigenvalue weighted by Crippen LogP contribution is -2.38. The number of nitrogens with two attached hydrogens (primary N) is 1. The van der Waals surface area contributed by atoms with Crippen LogP contribution >= 0.6 is 0 Å². The van der Waals surface area contributed by atoms with Gasteiger partial charge in [0.1, 0.15) is 0 Å². The smallest absolute Gasteiger partial charge is 0.335 e. The number of hydrogen-bond acceptors (Lipinski definition) is 3. The van der Waals surface area contributed by atoms with Gasteiger partial charge in [-0.05, 0) is 42.4 Å². The zero-order valence-electron chi connectivity index (χ0n) is 11.7. The molecule has 1 heterocycles.